The lowest BCUT2D eigenvalue weighted by Gasteiger charge is -2.06. The highest BCUT2D eigenvalue weighted by Gasteiger charge is 2.21. The molecule has 0 fully saturated rings. The van der Waals surface area contributed by atoms with Crippen LogP contribution in [0.25, 0.3) is 6.08 Å². The maximum atomic E-state index is 12.5. The minimum Gasteiger partial charge on any atom is -0.496 e. The minimum absolute atomic E-state index is 0.0135. The molecule has 22 heavy (non-hydrogen) atoms. The second-order valence-electron chi connectivity index (χ2n) is 4.32. The number of rotatable bonds is 4. The fourth-order valence-electron chi connectivity index (χ4n) is 1.84. The van der Waals surface area contributed by atoms with Crippen LogP contribution in [0.15, 0.2) is 58.3 Å². The van der Waals surface area contributed by atoms with Crippen LogP contribution < -0.4 is 4.74 Å². The highest BCUT2D eigenvalue weighted by molar-refractivity contribution is 7.95. The molecule has 0 aliphatic heterocycles. The molecule has 0 N–H and O–H groups in total. The number of para-hydroxylation sites is 1. The monoisotopic (exact) mass is 333 g/mol. The van der Waals surface area contributed by atoms with E-state index in [0.29, 0.717) is 16.3 Å². The van der Waals surface area contributed by atoms with Crippen molar-refractivity contribution in [3.63, 3.8) is 0 Å². The van der Waals surface area contributed by atoms with Crippen LogP contribution in [0.4, 0.5) is 0 Å². The standard InChI is InChI=1S/C16H12ClNO3S/c1-21-16-5-3-2-4-12(16)10-15(11-18)22(19,20)14-8-6-13(17)7-9-14/h2-10H,1H3. The summed E-state index contributed by atoms with van der Waals surface area (Å²) in [5.41, 5.74) is 0.513. The molecule has 0 saturated heterocycles. The maximum absolute atomic E-state index is 12.5. The van der Waals surface area contributed by atoms with Gasteiger partial charge in [-0.2, -0.15) is 5.26 Å². The summed E-state index contributed by atoms with van der Waals surface area (Å²) >= 11 is 5.75. The number of ether oxygens (including phenoxy) is 1. The zero-order valence-electron chi connectivity index (χ0n) is 11.7. The summed E-state index contributed by atoms with van der Waals surface area (Å²) < 4.78 is 30.2. The highest BCUT2D eigenvalue weighted by atomic mass is 35.5. The molecular formula is C16H12ClNO3S. The third-order valence-corrected chi connectivity index (χ3v) is 4.88. The third-order valence-electron chi connectivity index (χ3n) is 2.95. The van der Waals surface area contributed by atoms with Gasteiger partial charge in [0.25, 0.3) is 0 Å². The van der Waals surface area contributed by atoms with Gasteiger partial charge in [-0.1, -0.05) is 29.8 Å². The van der Waals surface area contributed by atoms with Crippen molar-refractivity contribution in [1.82, 2.24) is 0 Å². The van der Waals surface area contributed by atoms with Crippen molar-refractivity contribution in [2.24, 2.45) is 0 Å². The van der Waals surface area contributed by atoms with Crippen LogP contribution in [-0.2, 0) is 9.84 Å². The van der Waals surface area contributed by atoms with Crippen LogP contribution in [0.2, 0.25) is 5.02 Å². The van der Waals surface area contributed by atoms with Crippen molar-refractivity contribution in [3.05, 3.63) is 64.0 Å². The van der Waals surface area contributed by atoms with Crippen molar-refractivity contribution in [3.8, 4) is 11.8 Å². The van der Waals surface area contributed by atoms with Crippen molar-refractivity contribution < 1.29 is 13.2 Å². The third kappa shape index (κ3) is 3.30. The smallest absolute Gasteiger partial charge is 0.216 e. The van der Waals surface area contributed by atoms with E-state index >= 15 is 0 Å². The number of halogens is 1. The predicted octanol–water partition coefficient (Wildman–Crippen LogP) is 3.69. The molecule has 0 heterocycles. The van der Waals surface area contributed by atoms with Gasteiger partial charge >= 0.3 is 0 Å². The van der Waals surface area contributed by atoms with Crippen molar-refractivity contribution >= 4 is 27.5 Å². The molecule has 6 heteroatoms. The predicted molar refractivity (Wildman–Crippen MR) is 85.2 cm³/mol. The maximum Gasteiger partial charge on any atom is 0.216 e. The molecule has 2 rings (SSSR count). The Bertz CT molecular complexity index is 850. The second kappa shape index (κ2) is 6.65. The summed E-state index contributed by atoms with van der Waals surface area (Å²) in [6, 6.07) is 14.3. The van der Waals surface area contributed by atoms with Gasteiger partial charge in [0.15, 0.2) is 0 Å². The highest BCUT2D eigenvalue weighted by Crippen LogP contribution is 2.26. The van der Waals surface area contributed by atoms with Crippen LogP contribution in [0.1, 0.15) is 5.56 Å². The van der Waals surface area contributed by atoms with E-state index in [-0.39, 0.29) is 9.80 Å². The van der Waals surface area contributed by atoms with E-state index in [1.807, 2.05) is 0 Å². The molecule has 0 radical (unpaired) electrons. The van der Waals surface area contributed by atoms with Gasteiger partial charge < -0.3 is 4.74 Å². The fourth-order valence-corrected chi connectivity index (χ4v) is 3.11. The molecule has 0 aliphatic carbocycles. The number of benzene rings is 2. The Balaban J connectivity index is 2.54. The summed E-state index contributed by atoms with van der Waals surface area (Å²) in [6.45, 7) is 0. The first-order valence-electron chi connectivity index (χ1n) is 6.24. The zero-order valence-corrected chi connectivity index (χ0v) is 13.2. The number of hydrogen-bond acceptors (Lipinski definition) is 4. The van der Waals surface area contributed by atoms with Crippen LogP contribution >= 0.6 is 11.6 Å². The number of sulfone groups is 1. The molecule has 0 spiro atoms. The number of allylic oxidation sites excluding steroid dienone is 1. The SMILES string of the molecule is COc1ccccc1C=C(C#N)S(=O)(=O)c1ccc(Cl)cc1. The Hall–Kier alpha value is -2.29. The van der Waals surface area contributed by atoms with Crippen LogP contribution in [0.3, 0.4) is 0 Å². The van der Waals surface area contributed by atoms with Gasteiger partial charge in [0.2, 0.25) is 9.84 Å². The second-order valence-corrected chi connectivity index (χ2v) is 6.67. The Kier molecular flexibility index (Phi) is 4.86. The Morgan fingerprint density at radius 1 is 1.18 bits per heavy atom. The molecule has 0 unspecified atom stereocenters. The van der Waals surface area contributed by atoms with Gasteiger partial charge in [-0.3, -0.25) is 0 Å². The summed E-state index contributed by atoms with van der Waals surface area (Å²) in [5, 5.41) is 9.66. The summed E-state index contributed by atoms with van der Waals surface area (Å²) in [4.78, 5) is -0.348. The fraction of sp³-hybridized carbons (Fsp3) is 0.0625. The molecule has 2 aromatic rings. The first kappa shape index (κ1) is 16.1. The molecule has 4 nitrogen and oxygen atoms in total. The van der Waals surface area contributed by atoms with E-state index in [2.05, 4.69) is 0 Å². The van der Waals surface area contributed by atoms with Crippen LogP contribution in [-0.4, -0.2) is 15.5 Å². The van der Waals surface area contributed by atoms with Crippen molar-refractivity contribution in [2.75, 3.05) is 7.11 Å². The Labute approximate surface area is 134 Å². The van der Waals surface area contributed by atoms with E-state index in [1.54, 1.807) is 30.3 Å². The van der Waals surface area contributed by atoms with Crippen molar-refractivity contribution in [2.45, 2.75) is 4.90 Å². The van der Waals surface area contributed by atoms with Gasteiger partial charge in [-0.25, -0.2) is 8.42 Å². The lowest BCUT2D eigenvalue weighted by atomic mass is 10.2. The molecule has 0 bridgehead atoms. The van der Waals surface area contributed by atoms with E-state index in [9.17, 15) is 13.7 Å². The topological polar surface area (TPSA) is 67.2 Å². The number of nitrogens with zero attached hydrogens (tertiary/aromatic N) is 1. The molecule has 0 atom stereocenters. The number of nitriles is 1. The zero-order chi connectivity index (χ0) is 16.2. The molecule has 0 aromatic heterocycles. The average Bonchev–Trinajstić information content (AvgIpc) is 2.53. The normalized spacial score (nSPS) is 11.8. The van der Waals surface area contributed by atoms with Gasteiger partial charge in [0.1, 0.15) is 16.7 Å². The van der Waals surface area contributed by atoms with Crippen LogP contribution in [0.5, 0.6) is 5.75 Å². The lowest BCUT2D eigenvalue weighted by Crippen LogP contribution is -2.03. The van der Waals surface area contributed by atoms with E-state index in [0.717, 1.165) is 0 Å². The number of hydrogen-bond donors (Lipinski definition) is 0. The molecule has 112 valence electrons. The Morgan fingerprint density at radius 2 is 1.82 bits per heavy atom. The molecule has 2 aromatic carbocycles. The van der Waals surface area contributed by atoms with Crippen molar-refractivity contribution in [1.29, 1.82) is 5.26 Å². The molecular weight excluding hydrogens is 322 g/mol. The number of methoxy groups -OCH3 is 1. The van der Waals surface area contributed by atoms with Gasteiger partial charge in [-0.15, -0.1) is 0 Å². The van der Waals surface area contributed by atoms with Gasteiger partial charge in [-0.05, 0) is 36.4 Å². The summed E-state index contributed by atoms with van der Waals surface area (Å²) in [6.07, 6.45) is 1.29. The van der Waals surface area contributed by atoms with Gasteiger partial charge in [0, 0.05) is 10.6 Å². The molecule has 0 aliphatic rings. The largest absolute Gasteiger partial charge is 0.496 e. The quantitative estimate of drug-likeness (QED) is 0.800. The molecule has 0 amide bonds. The first-order chi connectivity index (χ1) is 10.5. The Morgan fingerprint density at radius 3 is 2.41 bits per heavy atom. The van der Waals surface area contributed by atoms with Gasteiger partial charge in [0.05, 0.1) is 12.0 Å². The molecule has 0 saturated carbocycles. The average molecular weight is 334 g/mol. The first-order valence-corrected chi connectivity index (χ1v) is 8.10. The summed E-state index contributed by atoms with van der Waals surface area (Å²) in [5.74, 6) is 0.488. The summed E-state index contributed by atoms with van der Waals surface area (Å²) in [7, 11) is -2.43. The van der Waals surface area contributed by atoms with Crippen LogP contribution in [0, 0.1) is 11.3 Å². The minimum atomic E-state index is -3.91. The lowest BCUT2D eigenvalue weighted by molar-refractivity contribution is 0.414. The van der Waals surface area contributed by atoms with E-state index in [1.165, 1.54) is 37.5 Å². The van der Waals surface area contributed by atoms with E-state index in [4.69, 9.17) is 16.3 Å². The van der Waals surface area contributed by atoms with E-state index < -0.39 is 9.84 Å².